The highest BCUT2D eigenvalue weighted by molar-refractivity contribution is 7.19. The number of amides is 3. The molecule has 1 fully saturated rings. The van der Waals surface area contributed by atoms with Crippen molar-refractivity contribution in [3.8, 4) is 27.9 Å². The zero-order chi connectivity index (χ0) is 31.5. The number of ether oxygens (including phenoxy) is 1. The minimum atomic E-state index is -0.533. The first-order chi connectivity index (χ1) is 21.7. The molecule has 1 aliphatic heterocycles. The van der Waals surface area contributed by atoms with Gasteiger partial charge in [-0.2, -0.15) is 5.10 Å². The van der Waals surface area contributed by atoms with Crippen molar-refractivity contribution < 1.29 is 18.7 Å². The van der Waals surface area contributed by atoms with Gasteiger partial charge in [-0.15, -0.1) is 0 Å². The average molecular weight is 627 g/mol. The number of carbonyl (C=O) groups excluding carboxylic acids is 2. The van der Waals surface area contributed by atoms with Crippen molar-refractivity contribution in [3.63, 3.8) is 0 Å². The first-order valence-corrected chi connectivity index (χ1v) is 15.3. The topological polar surface area (TPSA) is 127 Å². The number of carbonyl (C=O) groups is 2. The monoisotopic (exact) mass is 626 g/mol. The smallest absolute Gasteiger partial charge is 0.324 e. The summed E-state index contributed by atoms with van der Waals surface area (Å²) >= 11 is 1.48. The zero-order valence-corrected chi connectivity index (χ0v) is 25.8. The van der Waals surface area contributed by atoms with Crippen LogP contribution in [0.3, 0.4) is 0 Å². The first-order valence-electron chi connectivity index (χ1n) is 14.5. The Morgan fingerprint density at radius 1 is 1.04 bits per heavy atom. The molecule has 5 aromatic rings. The molecule has 1 aliphatic rings. The normalized spacial score (nSPS) is 13.0. The van der Waals surface area contributed by atoms with Crippen LogP contribution in [0.15, 0.2) is 67.1 Å². The van der Waals surface area contributed by atoms with E-state index in [0.29, 0.717) is 53.4 Å². The lowest BCUT2D eigenvalue weighted by Crippen LogP contribution is -2.23. The van der Waals surface area contributed by atoms with E-state index < -0.39 is 11.8 Å². The number of hydrogen-bond acceptors (Lipinski definition) is 8. The van der Waals surface area contributed by atoms with Gasteiger partial charge in [0.05, 0.1) is 34.3 Å². The molecular weight excluding hydrogens is 595 g/mol. The van der Waals surface area contributed by atoms with E-state index in [1.807, 2.05) is 19.1 Å². The van der Waals surface area contributed by atoms with Crippen LogP contribution in [0, 0.1) is 18.7 Å². The largest absolute Gasteiger partial charge is 0.424 e. The van der Waals surface area contributed by atoms with Crippen LogP contribution < -0.4 is 20.3 Å². The molecule has 0 atom stereocenters. The Kier molecular flexibility index (Phi) is 8.52. The van der Waals surface area contributed by atoms with Crippen molar-refractivity contribution in [2.75, 3.05) is 22.1 Å². The zero-order valence-electron chi connectivity index (χ0n) is 25.0. The van der Waals surface area contributed by atoms with Crippen molar-refractivity contribution >= 4 is 39.9 Å². The SMILES string of the molecule is Cc1ccc(F)cc1-n1nc(CC(C)C)cc1NC(=O)Nc1cnc(Oc2ccc(-c3cnc(N4CCCC4=O)s3)cc2)nc1. The number of aryl methyl sites for hydroxylation is 1. The van der Waals surface area contributed by atoms with E-state index in [0.717, 1.165) is 28.1 Å². The second-order valence-electron chi connectivity index (χ2n) is 11.1. The van der Waals surface area contributed by atoms with Crippen molar-refractivity contribution in [1.29, 1.82) is 0 Å². The first kappa shape index (κ1) is 29.9. The van der Waals surface area contributed by atoms with E-state index in [9.17, 15) is 14.0 Å². The van der Waals surface area contributed by atoms with Gasteiger partial charge in [0.25, 0.3) is 0 Å². The summed E-state index contributed by atoms with van der Waals surface area (Å²) in [7, 11) is 0. The summed E-state index contributed by atoms with van der Waals surface area (Å²) in [5, 5.41) is 10.9. The summed E-state index contributed by atoms with van der Waals surface area (Å²) in [4.78, 5) is 40.5. The van der Waals surface area contributed by atoms with E-state index in [4.69, 9.17) is 4.74 Å². The standard InChI is InChI=1S/C32H31FN8O3S/c1-19(2)13-23-15-28(41(39-23)26-14-22(33)9-6-20(26)3)38-30(43)37-24-16-34-31(35-17-24)44-25-10-7-21(8-11-25)27-18-36-32(45-27)40-12-4-5-29(40)42/h6-11,14-19H,4-5,12-13H2,1-3H3,(H2,37,38,43). The number of thiazole rings is 1. The van der Waals surface area contributed by atoms with Crippen molar-refractivity contribution in [2.24, 2.45) is 5.92 Å². The highest BCUT2D eigenvalue weighted by atomic mass is 32.1. The fraction of sp³-hybridized carbons (Fsp3) is 0.250. The summed E-state index contributed by atoms with van der Waals surface area (Å²) in [6.07, 6.45) is 6.77. The second-order valence-corrected chi connectivity index (χ2v) is 12.1. The number of benzene rings is 2. The van der Waals surface area contributed by atoms with Gasteiger partial charge in [0, 0.05) is 25.2 Å². The van der Waals surface area contributed by atoms with Crippen molar-refractivity contribution in [3.05, 3.63) is 84.2 Å². The summed E-state index contributed by atoms with van der Waals surface area (Å²) in [6.45, 7) is 6.71. The molecule has 11 nitrogen and oxygen atoms in total. The lowest BCUT2D eigenvalue weighted by atomic mass is 10.1. The second kappa shape index (κ2) is 12.8. The Labute approximate surface area is 263 Å². The summed E-state index contributed by atoms with van der Waals surface area (Å²) in [5.74, 6) is 1.00. The highest BCUT2D eigenvalue weighted by Gasteiger charge is 2.24. The number of hydrogen-bond donors (Lipinski definition) is 2. The fourth-order valence-electron chi connectivity index (χ4n) is 4.91. The van der Waals surface area contributed by atoms with Crippen LogP contribution in [-0.2, 0) is 11.2 Å². The Morgan fingerprint density at radius 2 is 1.82 bits per heavy atom. The Morgan fingerprint density at radius 3 is 2.53 bits per heavy atom. The summed E-state index contributed by atoms with van der Waals surface area (Å²) < 4.78 is 21.4. The lowest BCUT2D eigenvalue weighted by molar-refractivity contribution is -0.117. The molecule has 0 aliphatic carbocycles. The maximum absolute atomic E-state index is 14.1. The molecule has 45 heavy (non-hydrogen) atoms. The lowest BCUT2D eigenvalue weighted by Gasteiger charge is -2.12. The van der Waals surface area contributed by atoms with Crippen LogP contribution in [0.1, 0.15) is 37.9 Å². The van der Waals surface area contributed by atoms with Gasteiger partial charge in [0.2, 0.25) is 5.91 Å². The van der Waals surface area contributed by atoms with Crippen molar-refractivity contribution in [2.45, 2.75) is 40.0 Å². The molecular formula is C32H31FN8O3S. The Balaban J connectivity index is 1.08. The number of nitrogens with zero attached hydrogens (tertiary/aromatic N) is 6. The number of anilines is 3. The quantitative estimate of drug-likeness (QED) is 0.180. The molecule has 1 saturated heterocycles. The van der Waals surface area contributed by atoms with Gasteiger partial charge in [-0.1, -0.05) is 31.3 Å². The van der Waals surface area contributed by atoms with Crippen LogP contribution >= 0.6 is 11.3 Å². The fourth-order valence-corrected chi connectivity index (χ4v) is 5.87. The third-order valence-electron chi connectivity index (χ3n) is 7.05. The minimum Gasteiger partial charge on any atom is -0.424 e. The number of halogens is 1. The van der Waals surface area contributed by atoms with E-state index in [2.05, 4.69) is 44.5 Å². The number of aromatic nitrogens is 5. The van der Waals surface area contributed by atoms with Gasteiger partial charge in [-0.25, -0.2) is 28.8 Å². The van der Waals surface area contributed by atoms with Crippen LogP contribution in [0.25, 0.3) is 16.1 Å². The van der Waals surface area contributed by atoms with Crippen LogP contribution in [-0.4, -0.2) is 43.2 Å². The Bertz CT molecular complexity index is 1840. The number of urea groups is 1. The molecule has 6 rings (SSSR count). The molecule has 0 bridgehead atoms. The van der Waals surface area contributed by atoms with E-state index in [1.165, 1.54) is 40.5 Å². The molecule has 0 spiro atoms. The predicted octanol–water partition coefficient (Wildman–Crippen LogP) is 6.99. The molecule has 3 aromatic heterocycles. The average Bonchev–Trinajstić information content (AvgIpc) is 3.76. The molecule has 0 radical (unpaired) electrons. The van der Waals surface area contributed by atoms with E-state index >= 15 is 0 Å². The number of nitrogens with one attached hydrogen (secondary N) is 2. The van der Waals surface area contributed by atoms with Crippen LogP contribution in [0.5, 0.6) is 11.8 Å². The molecule has 4 heterocycles. The van der Waals surface area contributed by atoms with Gasteiger partial charge >= 0.3 is 12.0 Å². The van der Waals surface area contributed by atoms with Gasteiger partial charge in [-0.3, -0.25) is 15.0 Å². The minimum absolute atomic E-state index is 0.110. The third-order valence-corrected chi connectivity index (χ3v) is 8.12. The van der Waals surface area contributed by atoms with Gasteiger partial charge < -0.3 is 10.1 Å². The Hall–Kier alpha value is -5.17. The van der Waals surface area contributed by atoms with Gasteiger partial charge in [0.15, 0.2) is 5.13 Å². The van der Waals surface area contributed by atoms with E-state index in [1.54, 1.807) is 35.4 Å². The van der Waals surface area contributed by atoms with E-state index in [-0.39, 0.29) is 11.9 Å². The predicted molar refractivity (Wildman–Crippen MR) is 171 cm³/mol. The van der Waals surface area contributed by atoms with Gasteiger partial charge in [0.1, 0.15) is 17.4 Å². The van der Waals surface area contributed by atoms with Crippen molar-refractivity contribution in [1.82, 2.24) is 24.7 Å². The molecule has 13 heteroatoms. The number of rotatable bonds is 9. The highest BCUT2D eigenvalue weighted by Crippen LogP contribution is 2.34. The van der Waals surface area contributed by atoms with Gasteiger partial charge in [-0.05, 0) is 73.2 Å². The molecule has 3 amide bonds. The maximum atomic E-state index is 14.1. The maximum Gasteiger partial charge on any atom is 0.324 e. The summed E-state index contributed by atoms with van der Waals surface area (Å²) in [5.41, 5.74) is 3.42. The molecule has 0 saturated carbocycles. The molecule has 2 N–H and O–H groups in total. The third kappa shape index (κ3) is 6.99. The van der Waals surface area contributed by atoms with Crippen LogP contribution in [0.2, 0.25) is 0 Å². The molecule has 2 aromatic carbocycles. The van der Waals surface area contributed by atoms with Crippen LogP contribution in [0.4, 0.5) is 25.8 Å². The molecule has 0 unspecified atom stereocenters. The summed E-state index contributed by atoms with van der Waals surface area (Å²) in [6, 6.07) is 13.2. The molecule has 230 valence electrons.